The van der Waals surface area contributed by atoms with Crippen molar-refractivity contribution in [2.24, 2.45) is 5.73 Å². The predicted octanol–water partition coefficient (Wildman–Crippen LogP) is 3.67. The van der Waals surface area contributed by atoms with Gasteiger partial charge in [-0.25, -0.2) is 4.39 Å². The van der Waals surface area contributed by atoms with Crippen molar-refractivity contribution in [3.05, 3.63) is 35.6 Å². The molecule has 0 fully saturated rings. The minimum atomic E-state index is -0.133. The van der Waals surface area contributed by atoms with Gasteiger partial charge in [-0.15, -0.1) is 0 Å². The summed E-state index contributed by atoms with van der Waals surface area (Å²) in [5.41, 5.74) is 6.73. The van der Waals surface area contributed by atoms with E-state index in [-0.39, 0.29) is 11.9 Å². The van der Waals surface area contributed by atoms with Gasteiger partial charge in [0.2, 0.25) is 0 Å². The van der Waals surface area contributed by atoms with Crippen LogP contribution in [0.15, 0.2) is 24.3 Å². The number of hydrogen-bond acceptors (Lipinski definition) is 1. The van der Waals surface area contributed by atoms with E-state index in [1.54, 1.807) is 6.07 Å². The maximum atomic E-state index is 13.3. The highest BCUT2D eigenvalue weighted by Gasteiger charge is 2.07. The molecule has 0 saturated carbocycles. The molecule has 0 aliphatic carbocycles. The van der Waals surface area contributed by atoms with Gasteiger partial charge in [-0.05, 0) is 24.5 Å². The number of benzene rings is 1. The highest BCUT2D eigenvalue weighted by Crippen LogP contribution is 2.12. The largest absolute Gasteiger partial charge is 0.327 e. The van der Waals surface area contributed by atoms with Crippen molar-refractivity contribution < 1.29 is 4.39 Å². The van der Waals surface area contributed by atoms with Gasteiger partial charge < -0.3 is 5.73 Å². The first-order valence-electron chi connectivity index (χ1n) is 6.23. The molecule has 0 heterocycles. The van der Waals surface area contributed by atoms with Gasteiger partial charge in [0.1, 0.15) is 5.82 Å². The summed E-state index contributed by atoms with van der Waals surface area (Å²) in [6, 6.07) is 6.99. The van der Waals surface area contributed by atoms with Crippen molar-refractivity contribution in [3.8, 4) is 0 Å². The maximum absolute atomic E-state index is 13.3. The van der Waals surface area contributed by atoms with Gasteiger partial charge in [-0.2, -0.15) is 0 Å². The van der Waals surface area contributed by atoms with E-state index >= 15 is 0 Å². The summed E-state index contributed by atoms with van der Waals surface area (Å²) in [4.78, 5) is 0. The maximum Gasteiger partial charge on any atom is 0.126 e. The molecule has 1 rings (SSSR count). The quantitative estimate of drug-likeness (QED) is 0.701. The number of rotatable bonds is 7. The Kier molecular flexibility index (Phi) is 6.09. The van der Waals surface area contributed by atoms with Crippen LogP contribution in [0.2, 0.25) is 0 Å². The topological polar surface area (TPSA) is 26.0 Å². The van der Waals surface area contributed by atoms with Crippen molar-refractivity contribution >= 4 is 0 Å². The third-order valence-electron chi connectivity index (χ3n) is 2.87. The van der Waals surface area contributed by atoms with Crippen molar-refractivity contribution in [2.45, 2.75) is 51.5 Å². The van der Waals surface area contributed by atoms with E-state index in [1.807, 2.05) is 12.1 Å². The Balaban J connectivity index is 2.28. The molecule has 0 aliphatic heterocycles. The first-order chi connectivity index (χ1) is 7.74. The van der Waals surface area contributed by atoms with Crippen molar-refractivity contribution in [1.82, 2.24) is 0 Å². The van der Waals surface area contributed by atoms with Crippen molar-refractivity contribution in [3.63, 3.8) is 0 Å². The first-order valence-corrected chi connectivity index (χ1v) is 6.23. The zero-order valence-electron chi connectivity index (χ0n) is 10.1. The van der Waals surface area contributed by atoms with E-state index in [0.717, 1.165) is 18.4 Å². The van der Waals surface area contributed by atoms with Crippen molar-refractivity contribution in [1.29, 1.82) is 0 Å². The second kappa shape index (κ2) is 7.39. The SMILES string of the molecule is CCCCCCC(N)Cc1ccccc1F. The summed E-state index contributed by atoms with van der Waals surface area (Å²) in [5, 5.41) is 0. The van der Waals surface area contributed by atoms with Gasteiger partial charge in [-0.1, -0.05) is 50.8 Å². The molecular formula is C14H22FN. The summed E-state index contributed by atoms with van der Waals surface area (Å²) < 4.78 is 13.3. The van der Waals surface area contributed by atoms with E-state index in [9.17, 15) is 4.39 Å². The molecule has 1 aromatic carbocycles. The molecule has 0 amide bonds. The molecule has 2 heteroatoms. The van der Waals surface area contributed by atoms with Crippen LogP contribution < -0.4 is 5.73 Å². The normalized spacial score (nSPS) is 12.7. The van der Waals surface area contributed by atoms with Gasteiger partial charge in [0, 0.05) is 6.04 Å². The van der Waals surface area contributed by atoms with Crippen LogP contribution in [0.1, 0.15) is 44.6 Å². The monoisotopic (exact) mass is 223 g/mol. The fraction of sp³-hybridized carbons (Fsp3) is 0.571. The Morgan fingerprint density at radius 3 is 2.62 bits per heavy atom. The molecule has 90 valence electrons. The number of halogens is 1. The number of unbranched alkanes of at least 4 members (excludes halogenated alkanes) is 3. The van der Waals surface area contributed by atoms with Crippen LogP contribution in [0, 0.1) is 5.82 Å². The zero-order valence-corrected chi connectivity index (χ0v) is 10.1. The Morgan fingerprint density at radius 2 is 1.94 bits per heavy atom. The highest BCUT2D eigenvalue weighted by atomic mass is 19.1. The standard InChI is InChI=1S/C14H22FN/c1-2-3-4-5-9-13(16)11-12-8-6-7-10-14(12)15/h6-8,10,13H,2-5,9,11,16H2,1H3. The second-order valence-corrected chi connectivity index (χ2v) is 4.40. The Bertz CT molecular complexity index is 299. The van der Waals surface area contributed by atoms with E-state index in [2.05, 4.69) is 6.92 Å². The van der Waals surface area contributed by atoms with Crippen LogP contribution >= 0.6 is 0 Å². The fourth-order valence-corrected chi connectivity index (χ4v) is 1.88. The molecule has 0 saturated heterocycles. The Hall–Kier alpha value is -0.890. The summed E-state index contributed by atoms with van der Waals surface area (Å²) in [6.45, 7) is 2.19. The number of nitrogens with two attached hydrogens (primary N) is 1. The molecule has 0 aliphatic rings. The van der Waals surface area contributed by atoms with E-state index in [0.29, 0.717) is 6.42 Å². The lowest BCUT2D eigenvalue weighted by atomic mass is 10.0. The van der Waals surface area contributed by atoms with Gasteiger partial charge >= 0.3 is 0 Å². The smallest absolute Gasteiger partial charge is 0.126 e. The third kappa shape index (κ3) is 4.75. The summed E-state index contributed by atoms with van der Waals surface area (Å²) >= 11 is 0. The van der Waals surface area contributed by atoms with E-state index < -0.39 is 0 Å². The van der Waals surface area contributed by atoms with Crippen LogP contribution in [-0.2, 0) is 6.42 Å². The average Bonchev–Trinajstić information content (AvgIpc) is 2.28. The molecule has 16 heavy (non-hydrogen) atoms. The molecule has 1 atom stereocenters. The predicted molar refractivity (Wildman–Crippen MR) is 66.8 cm³/mol. The van der Waals surface area contributed by atoms with Crippen LogP contribution in [0.4, 0.5) is 4.39 Å². The molecule has 1 aromatic rings. The minimum Gasteiger partial charge on any atom is -0.327 e. The lowest BCUT2D eigenvalue weighted by Gasteiger charge is -2.11. The van der Waals surface area contributed by atoms with Crippen LogP contribution in [0.25, 0.3) is 0 Å². The fourth-order valence-electron chi connectivity index (χ4n) is 1.88. The van der Waals surface area contributed by atoms with Crippen LogP contribution in [0.5, 0.6) is 0 Å². The van der Waals surface area contributed by atoms with Gasteiger partial charge in [-0.3, -0.25) is 0 Å². The third-order valence-corrected chi connectivity index (χ3v) is 2.87. The molecule has 0 bridgehead atoms. The van der Waals surface area contributed by atoms with Gasteiger partial charge in [0.15, 0.2) is 0 Å². The molecule has 1 unspecified atom stereocenters. The lowest BCUT2D eigenvalue weighted by molar-refractivity contribution is 0.530. The number of hydrogen-bond donors (Lipinski definition) is 1. The highest BCUT2D eigenvalue weighted by molar-refractivity contribution is 5.18. The van der Waals surface area contributed by atoms with E-state index in [4.69, 9.17) is 5.73 Å². The molecule has 1 nitrogen and oxygen atoms in total. The first kappa shape index (κ1) is 13.2. The summed E-state index contributed by atoms with van der Waals surface area (Å²) in [5.74, 6) is -0.133. The Morgan fingerprint density at radius 1 is 1.19 bits per heavy atom. The summed E-state index contributed by atoms with van der Waals surface area (Å²) in [7, 11) is 0. The van der Waals surface area contributed by atoms with Gasteiger partial charge in [0.25, 0.3) is 0 Å². The van der Waals surface area contributed by atoms with Gasteiger partial charge in [0.05, 0.1) is 0 Å². The van der Waals surface area contributed by atoms with Crippen molar-refractivity contribution in [2.75, 3.05) is 0 Å². The van der Waals surface area contributed by atoms with Crippen LogP contribution in [-0.4, -0.2) is 6.04 Å². The average molecular weight is 223 g/mol. The van der Waals surface area contributed by atoms with E-state index in [1.165, 1.54) is 25.3 Å². The zero-order chi connectivity index (χ0) is 11.8. The molecule has 2 N–H and O–H groups in total. The minimum absolute atomic E-state index is 0.0914. The molecule has 0 aromatic heterocycles. The molecule has 0 spiro atoms. The second-order valence-electron chi connectivity index (χ2n) is 4.40. The molecular weight excluding hydrogens is 201 g/mol. The summed E-state index contributed by atoms with van der Waals surface area (Å²) in [6.07, 6.45) is 6.55. The van der Waals surface area contributed by atoms with Crippen LogP contribution in [0.3, 0.4) is 0 Å². The Labute approximate surface area is 97.9 Å². The lowest BCUT2D eigenvalue weighted by Crippen LogP contribution is -2.23. The molecule has 0 radical (unpaired) electrons.